The molecule has 1 amide bonds. The van der Waals surface area contributed by atoms with E-state index >= 15 is 0 Å². The van der Waals surface area contributed by atoms with Crippen LogP contribution in [0.4, 0.5) is 0 Å². The molecule has 0 unspecified atom stereocenters. The van der Waals surface area contributed by atoms with E-state index < -0.39 is 0 Å². The maximum absolute atomic E-state index is 12.5. The predicted octanol–water partition coefficient (Wildman–Crippen LogP) is 2.88. The Morgan fingerprint density at radius 2 is 2.04 bits per heavy atom. The lowest BCUT2D eigenvalue weighted by molar-refractivity contribution is -0.137. The second kappa shape index (κ2) is 6.78. The highest BCUT2D eigenvalue weighted by atomic mass is 79.9. The molecule has 0 aromatic carbocycles. The van der Waals surface area contributed by atoms with Crippen molar-refractivity contribution in [2.75, 3.05) is 6.54 Å². The quantitative estimate of drug-likeness (QED) is 0.821. The fraction of sp³-hybridized carbons (Fsp3) is 0.500. The third-order valence-corrected chi connectivity index (χ3v) is 4.80. The first-order valence-corrected chi connectivity index (χ1v) is 8.75. The van der Waals surface area contributed by atoms with Crippen LogP contribution in [0.5, 0.6) is 0 Å². The highest BCUT2D eigenvalue weighted by Crippen LogP contribution is 2.24. The molecule has 0 N–H and O–H groups in total. The van der Waals surface area contributed by atoms with E-state index in [1.54, 1.807) is 12.4 Å². The number of hydrogen-bond donors (Lipinski definition) is 0. The molecule has 23 heavy (non-hydrogen) atoms. The number of hydrogen-bond acceptors (Lipinski definition) is 4. The molecule has 6 nitrogen and oxygen atoms in total. The molecule has 0 aliphatic carbocycles. The summed E-state index contributed by atoms with van der Waals surface area (Å²) in [7, 11) is 0. The van der Waals surface area contributed by atoms with Crippen molar-refractivity contribution in [2.24, 2.45) is 5.92 Å². The summed E-state index contributed by atoms with van der Waals surface area (Å²) >= 11 is 3.43. The van der Waals surface area contributed by atoms with Gasteiger partial charge in [-0.1, -0.05) is 13.8 Å². The summed E-state index contributed by atoms with van der Waals surface area (Å²) in [5, 5.41) is 8.58. The summed E-state index contributed by atoms with van der Waals surface area (Å²) < 4.78 is 2.99. The van der Waals surface area contributed by atoms with Gasteiger partial charge in [-0.05, 0) is 34.8 Å². The molecule has 7 heteroatoms. The van der Waals surface area contributed by atoms with Crippen LogP contribution in [0, 0.1) is 5.92 Å². The van der Waals surface area contributed by atoms with E-state index in [1.807, 2.05) is 11.0 Å². The third-order valence-electron chi connectivity index (χ3n) is 4.36. The second-order valence-corrected chi connectivity index (χ2v) is 6.67. The minimum atomic E-state index is 0.109. The molecule has 0 bridgehead atoms. The highest BCUT2D eigenvalue weighted by molar-refractivity contribution is 9.10. The Bertz CT molecular complexity index is 710. The number of aromatic nitrogens is 4. The van der Waals surface area contributed by atoms with E-state index in [1.165, 1.54) is 0 Å². The van der Waals surface area contributed by atoms with Crippen LogP contribution in [0.2, 0.25) is 0 Å². The van der Waals surface area contributed by atoms with Gasteiger partial charge < -0.3 is 9.47 Å². The Morgan fingerprint density at radius 1 is 1.26 bits per heavy atom. The first kappa shape index (κ1) is 16.1. The molecule has 0 spiro atoms. The monoisotopic (exact) mass is 377 g/mol. The highest BCUT2D eigenvalue weighted by Gasteiger charge is 2.28. The van der Waals surface area contributed by atoms with Gasteiger partial charge in [-0.2, -0.15) is 0 Å². The summed E-state index contributed by atoms with van der Waals surface area (Å²) in [6.45, 7) is 6.09. The second-order valence-electron chi connectivity index (χ2n) is 5.76. The lowest BCUT2D eigenvalue weighted by Gasteiger charge is -2.30. The molecular weight excluding hydrogens is 358 g/mol. The van der Waals surface area contributed by atoms with E-state index in [0.717, 1.165) is 41.1 Å². The number of nitrogens with zero attached hydrogens (tertiary/aromatic N) is 5. The smallest absolute Gasteiger partial charge is 0.226 e. The van der Waals surface area contributed by atoms with Gasteiger partial charge in [0, 0.05) is 41.4 Å². The maximum Gasteiger partial charge on any atom is 0.226 e. The van der Waals surface area contributed by atoms with Crippen LogP contribution in [-0.4, -0.2) is 37.1 Å². The van der Waals surface area contributed by atoms with Crippen molar-refractivity contribution in [1.29, 1.82) is 0 Å². The summed E-state index contributed by atoms with van der Waals surface area (Å²) in [5.74, 6) is 1.99. The average molecular weight is 378 g/mol. The van der Waals surface area contributed by atoms with Crippen molar-refractivity contribution < 1.29 is 4.79 Å². The first-order valence-electron chi connectivity index (χ1n) is 7.95. The number of amides is 1. The zero-order valence-corrected chi connectivity index (χ0v) is 15.0. The number of rotatable bonds is 4. The van der Waals surface area contributed by atoms with Crippen molar-refractivity contribution in [3.8, 4) is 11.4 Å². The van der Waals surface area contributed by atoms with Crippen LogP contribution in [0.15, 0.2) is 22.9 Å². The Morgan fingerprint density at radius 3 is 2.74 bits per heavy atom. The van der Waals surface area contributed by atoms with Crippen molar-refractivity contribution in [2.45, 2.75) is 39.8 Å². The molecule has 0 saturated heterocycles. The zero-order chi connectivity index (χ0) is 16.4. The molecule has 1 aliphatic rings. The molecule has 0 radical (unpaired) electrons. The van der Waals surface area contributed by atoms with Gasteiger partial charge in [-0.15, -0.1) is 10.2 Å². The van der Waals surface area contributed by atoms with Crippen molar-refractivity contribution >= 4 is 21.8 Å². The minimum absolute atomic E-state index is 0.109. The van der Waals surface area contributed by atoms with Gasteiger partial charge in [0.05, 0.1) is 6.54 Å². The first-order chi connectivity index (χ1) is 11.1. The van der Waals surface area contributed by atoms with Crippen LogP contribution >= 0.6 is 15.9 Å². The number of fused-ring (bicyclic) bond motifs is 1. The summed E-state index contributed by atoms with van der Waals surface area (Å²) in [5.41, 5.74) is 0.929. The van der Waals surface area contributed by atoms with Crippen molar-refractivity contribution in [1.82, 2.24) is 24.6 Å². The average Bonchev–Trinajstić information content (AvgIpc) is 2.99. The maximum atomic E-state index is 12.5. The zero-order valence-electron chi connectivity index (χ0n) is 13.4. The molecule has 0 atom stereocenters. The number of halogens is 1. The van der Waals surface area contributed by atoms with Crippen molar-refractivity contribution in [3.63, 3.8) is 0 Å². The summed E-state index contributed by atoms with van der Waals surface area (Å²) in [4.78, 5) is 18.6. The molecular formula is C16H20BrN5O. The Balaban J connectivity index is 1.83. The topological polar surface area (TPSA) is 63.9 Å². The molecule has 0 fully saturated rings. The largest absolute Gasteiger partial charge is 0.333 e. The standard InChI is InChI=1S/C16H20BrN5O/c1-3-11(4-2)16(23)21-5-6-22-14(10-21)19-20-15(22)12-7-13(17)9-18-8-12/h7-9,11H,3-6,10H2,1-2H3. The van der Waals surface area contributed by atoms with E-state index in [2.05, 4.69) is 49.5 Å². The predicted molar refractivity (Wildman–Crippen MR) is 90.4 cm³/mol. The molecule has 3 heterocycles. The van der Waals surface area contributed by atoms with Crippen LogP contribution in [0.1, 0.15) is 32.5 Å². The van der Waals surface area contributed by atoms with Crippen LogP contribution < -0.4 is 0 Å². The fourth-order valence-corrected chi connectivity index (χ4v) is 3.35. The number of carbonyl (C=O) groups excluding carboxylic acids is 1. The van der Waals surface area contributed by atoms with Gasteiger partial charge in [0.2, 0.25) is 5.91 Å². The van der Waals surface area contributed by atoms with E-state index in [9.17, 15) is 4.79 Å². The van der Waals surface area contributed by atoms with Crippen molar-refractivity contribution in [3.05, 3.63) is 28.8 Å². The van der Waals surface area contributed by atoms with Gasteiger partial charge >= 0.3 is 0 Å². The van der Waals surface area contributed by atoms with E-state index in [0.29, 0.717) is 13.1 Å². The SMILES string of the molecule is CCC(CC)C(=O)N1CCn2c(nnc2-c2cncc(Br)c2)C1. The van der Waals surface area contributed by atoms with Gasteiger partial charge in [0.25, 0.3) is 0 Å². The van der Waals surface area contributed by atoms with E-state index in [4.69, 9.17) is 0 Å². The number of pyridine rings is 1. The van der Waals surface area contributed by atoms with Gasteiger partial charge in [-0.25, -0.2) is 0 Å². The van der Waals surface area contributed by atoms with Gasteiger partial charge in [-0.3, -0.25) is 9.78 Å². The molecule has 2 aromatic heterocycles. The summed E-state index contributed by atoms with van der Waals surface area (Å²) in [6, 6.07) is 1.98. The van der Waals surface area contributed by atoms with Crippen LogP contribution in [-0.2, 0) is 17.9 Å². The lowest BCUT2D eigenvalue weighted by Crippen LogP contribution is -2.41. The minimum Gasteiger partial charge on any atom is -0.333 e. The molecule has 122 valence electrons. The fourth-order valence-electron chi connectivity index (χ4n) is 2.99. The normalized spacial score (nSPS) is 14.2. The Kier molecular flexibility index (Phi) is 4.75. The molecule has 1 aliphatic heterocycles. The van der Waals surface area contributed by atoms with Crippen LogP contribution in [0.25, 0.3) is 11.4 Å². The number of carbonyl (C=O) groups is 1. The van der Waals surface area contributed by atoms with Gasteiger partial charge in [0.15, 0.2) is 11.6 Å². The molecule has 2 aromatic rings. The Labute approximate surface area is 144 Å². The summed E-state index contributed by atoms with van der Waals surface area (Å²) in [6.07, 6.45) is 5.29. The molecule has 3 rings (SSSR count). The third kappa shape index (κ3) is 3.15. The molecule has 0 saturated carbocycles. The Hall–Kier alpha value is -1.76. The van der Waals surface area contributed by atoms with Crippen LogP contribution in [0.3, 0.4) is 0 Å². The van der Waals surface area contributed by atoms with Gasteiger partial charge in [0.1, 0.15) is 0 Å². The van der Waals surface area contributed by atoms with E-state index in [-0.39, 0.29) is 11.8 Å². The lowest BCUT2D eigenvalue weighted by atomic mass is 10.0.